The van der Waals surface area contributed by atoms with Crippen LogP contribution in [0.3, 0.4) is 0 Å². The Bertz CT molecular complexity index is 455. The predicted octanol–water partition coefficient (Wildman–Crippen LogP) is 3.06. The standard InChI is InChI=1S/C13H15N3/c1-2-6-11(7-3-1)13-10-16(15-14-13)12-8-4-5-9-12/h1-3,6-7,10,12H,4-5,8-9H2. The molecule has 2 aromatic rings. The molecule has 3 nitrogen and oxygen atoms in total. The number of benzene rings is 1. The van der Waals surface area contributed by atoms with Crippen LogP contribution in [-0.4, -0.2) is 15.0 Å². The van der Waals surface area contributed by atoms with Crippen molar-refractivity contribution in [3.63, 3.8) is 0 Å². The summed E-state index contributed by atoms with van der Waals surface area (Å²) in [5, 5.41) is 8.49. The van der Waals surface area contributed by atoms with Gasteiger partial charge in [0.15, 0.2) is 0 Å². The molecule has 1 aromatic heterocycles. The van der Waals surface area contributed by atoms with E-state index in [1.807, 2.05) is 22.9 Å². The van der Waals surface area contributed by atoms with Gasteiger partial charge in [0, 0.05) is 5.56 Å². The maximum atomic E-state index is 4.24. The summed E-state index contributed by atoms with van der Waals surface area (Å²) >= 11 is 0. The van der Waals surface area contributed by atoms with Gasteiger partial charge < -0.3 is 0 Å². The van der Waals surface area contributed by atoms with Crippen LogP contribution in [0.15, 0.2) is 36.5 Å². The molecule has 1 aromatic carbocycles. The maximum absolute atomic E-state index is 4.24. The van der Waals surface area contributed by atoms with Gasteiger partial charge in [-0.2, -0.15) is 0 Å². The van der Waals surface area contributed by atoms with Crippen LogP contribution in [-0.2, 0) is 0 Å². The number of hydrogen-bond acceptors (Lipinski definition) is 2. The van der Waals surface area contributed by atoms with Crippen molar-refractivity contribution < 1.29 is 0 Å². The summed E-state index contributed by atoms with van der Waals surface area (Å²) in [5.74, 6) is 0. The third kappa shape index (κ3) is 1.73. The van der Waals surface area contributed by atoms with Crippen LogP contribution in [0.2, 0.25) is 0 Å². The van der Waals surface area contributed by atoms with Gasteiger partial charge in [0.25, 0.3) is 0 Å². The molecule has 0 saturated heterocycles. The van der Waals surface area contributed by atoms with Crippen LogP contribution >= 0.6 is 0 Å². The van der Waals surface area contributed by atoms with E-state index in [9.17, 15) is 0 Å². The molecular weight excluding hydrogens is 198 g/mol. The molecule has 0 radical (unpaired) electrons. The Balaban J connectivity index is 1.87. The third-order valence-electron chi connectivity index (χ3n) is 3.28. The van der Waals surface area contributed by atoms with Crippen molar-refractivity contribution in [1.82, 2.24) is 15.0 Å². The molecule has 0 N–H and O–H groups in total. The molecule has 0 aliphatic heterocycles. The highest BCUT2D eigenvalue weighted by atomic mass is 15.4. The molecule has 1 heterocycles. The minimum Gasteiger partial charge on any atom is -0.249 e. The van der Waals surface area contributed by atoms with Gasteiger partial charge in [0.1, 0.15) is 5.69 Å². The van der Waals surface area contributed by atoms with Crippen LogP contribution in [0.25, 0.3) is 11.3 Å². The molecule has 0 spiro atoms. The summed E-state index contributed by atoms with van der Waals surface area (Å²) in [5.41, 5.74) is 2.12. The molecule has 16 heavy (non-hydrogen) atoms. The Hall–Kier alpha value is -1.64. The SMILES string of the molecule is c1ccc(-c2cn(C3CCCC3)nn2)cc1. The Labute approximate surface area is 95.1 Å². The van der Waals surface area contributed by atoms with Gasteiger partial charge >= 0.3 is 0 Å². The zero-order valence-corrected chi connectivity index (χ0v) is 9.21. The lowest BCUT2D eigenvalue weighted by Crippen LogP contribution is -2.04. The number of hydrogen-bond donors (Lipinski definition) is 0. The first-order valence-corrected chi connectivity index (χ1v) is 5.91. The first kappa shape index (κ1) is 9.58. The highest BCUT2D eigenvalue weighted by Gasteiger charge is 2.18. The first-order valence-electron chi connectivity index (χ1n) is 5.91. The Morgan fingerprint density at radius 2 is 1.81 bits per heavy atom. The first-order chi connectivity index (χ1) is 7.93. The highest BCUT2D eigenvalue weighted by Crippen LogP contribution is 2.29. The second-order valence-corrected chi connectivity index (χ2v) is 4.39. The van der Waals surface area contributed by atoms with Crippen LogP contribution in [0.1, 0.15) is 31.7 Å². The fourth-order valence-corrected chi connectivity index (χ4v) is 2.37. The molecule has 82 valence electrons. The summed E-state index contributed by atoms with van der Waals surface area (Å²) in [6.07, 6.45) is 7.22. The molecule has 0 atom stereocenters. The lowest BCUT2D eigenvalue weighted by Gasteiger charge is -2.06. The van der Waals surface area contributed by atoms with Gasteiger partial charge in [-0.1, -0.05) is 48.4 Å². The lowest BCUT2D eigenvalue weighted by molar-refractivity contribution is 0.454. The van der Waals surface area contributed by atoms with Crippen LogP contribution < -0.4 is 0 Å². The molecule has 3 heteroatoms. The van der Waals surface area contributed by atoms with Gasteiger partial charge in [-0.05, 0) is 12.8 Å². The molecule has 1 aliphatic rings. The van der Waals surface area contributed by atoms with Gasteiger partial charge in [-0.15, -0.1) is 5.10 Å². The summed E-state index contributed by atoms with van der Waals surface area (Å²) in [6.45, 7) is 0. The predicted molar refractivity (Wildman–Crippen MR) is 63.0 cm³/mol. The largest absolute Gasteiger partial charge is 0.249 e. The minimum absolute atomic E-state index is 0.574. The molecule has 1 aliphatic carbocycles. The van der Waals surface area contributed by atoms with Crippen LogP contribution in [0, 0.1) is 0 Å². The Morgan fingerprint density at radius 3 is 2.56 bits per heavy atom. The molecular formula is C13H15N3. The topological polar surface area (TPSA) is 30.7 Å². The van der Waals surface area contributed by atoms with E-state index >= 15 is 0 Å². The molecule has 3 rings (SSSR count). The average molecular weight is 213 g/mol. The number of aromatic nitrogens is 3. The van der Waals surface area contributed by atoms with E-state index in [1.54, 1.807) is 0 Å². The second kappa shape index (κ2) is 4.08. The monoisotopic (exact) mass is 213 g/mol. The zero-order chi connectivity index (χ0) is 10.8. The second-order valence-electron chi connectivity index (χ2n) is 4.39. The molecule has 0 unspecified atom stereocenters. The average Bonchev–Trinajstić information content (AvgIpc) is 3.01. The third-order valence-corrected chi connectivity index (χ3v) is 3.28. The minimum atomic E-state index is 0.574. The summed E-state index contributed by atoms with van der Waals surface area (Å²) in [4.78, 5) is 0. The van der Waals surface area contributed by atoms with E-state index in [-0.39, 0.29) is 0 Å². The van der Waals surface area contributed by atoms with E-state index in [2.05, 4.69) is 28.6 Å². The summed E-state index contributed by atoms with van der Waals surface area (Å²) < 4.78 is 2.04. The molecule has 0 bridgehead atoms. The van der Waals surface area contributed by atoms with E-state index < -0.39 is 0 Å². The molecule has 1 fully saturated rings. The van der Waals surface area contributed by atoms with Crippen molar-refractivity contribution in [3.05, 3.63) is 36.5 Å². The quantitative estimate of drug-likeness (QED) is 0.767. The molecule has 0 amide bonds. The van der Waals surface area contributed by atoms with Gasteiger partial charge in [-0.3, -0.25) is 0 Å². The van der Waals surface area contributed by atoms with E-state index in [0.29, 0.717) is 6.04 Å². The van der Waals surface area contributed by atoms with Gasteiger partial charge in [-0.25, -0.2) is 4.68 Å². The van der Waals surface area contributed by atoms with Crippen molar-refractivity contribution >= 4 is 0 Å². The van der Waals surface area contributed by atoms with E-state index in [0.717, 1.165) is 11.3 Å². The Kier molecular flexibility index (Phi) is 2.44. The fourth-order valence-electron chi connectivity index (χ4n) is 2.37. The Morgan fingerprint density at radius 1 is 1.06 bits per heavy atom. The van der Waals surface area contributed by atoms with Gasteiger partial charge in [0.2, 0.25) is 0 Å². The lowest BCUT2D eigenvalue weighted by atomic mass is 10.2. The van der Waals surface area contributed by atoms with Crippen LogP contribution in [0.4, 0.5) is 0 Å². The number of rotatable bonds is 2. The van der Waals surface area contributed by atoms with Crippen molar-refractivity contribution in [2.24, 2.45) is 0 Å². The van der Waals surface area contributed by atoms with Crippen LogP contribution in [0.5, 0.6) is 0 Å². The van der Waals surface area contributed by atoms with Crippen molar-refractivity contribution in [2.45, 2.75) is 31.7 Å². The molecule has 1 saturated carbocycles. The highest BCUT2D eigenvalue weighted by molar-refractivity contribution is 5.57. The smallest absolute Gasteiger partial charge is 0.113 e. The number of nitrogens with zero attached hydrogens (tertiary/aromatic N) is 3. The zero-order valence-electron chi connectivity index (χ0n) is 9.21. The maximum Gasteiger partial charge on any atom is 0.113 e. The van der Waals surface area contributed by atoms with Crippen molar-refractivity contribution in [2.75, 3.05) is 0 Å². The van der Waals surface area contributed by atoms with Crippen molar-refractivity contribution in [3.8, 4) is 11.3 Å². The normalized spacial score (nSPS) is 16.8. The van der Waals surface area contributed by atoms with Gasteiger partial charge in [0.05, 0.1) is 12.2 Å². The van der Waals surface area contributed by atoms with Crippen molar-refractivity contribution in [1.29, 1.82) is 0 Å². The summed E-state index contributed by atoms with van der Waals surface area (Å²) in [6, 6.07) is 10.8. The van der Waals surface area contributed by atoms with E-state index in [4.69, 9.17) is 0 Å². The summed E-state index contributed by atoms with van der Waals surface area (Å²) in [7, 11) is 0. The van der Waals surface area contributed by atoms with E-state index in [1.165, 1.54) is 25.7 Å². The fraction of sp³-hybridized carbons (Fsp3) is 0.385.